The van der Waals surface area contributed by atoms with E-state index in [0.29, 0.717) is 19.3 Å². The van der Waals surface area contributed by atoms with E-state index < -0.39 is 75.7 Å². The maximum Gasteiger partial charge on any atom is 0.472 e. The van der Waals surface area contributed by atoms with E-state index in [-0.39, 0.29) is 12.8 Å². The Kier molecular flexibility index (Phi) is 43.9. The van der Waals surface area contributed by atoms with Crippen LogP contribution in [0.4, 0.5) is 0 Å². The third-order valence-corrected chi connectivity index (χ3v) is 14.8. The maximum absolute atomic E-state index is 12.9. The highest BCUT2D eigenvalue weighted by atomic mass is 31.2. The van der Waals surface area contributed by atoms with Crippen molar-refractivity contribution in [3.05, 3.63) is 12.2 Å². The molecule has 13 nitrogen and oxygen atoms in total. The average Bonchev–Trinajstić information content (AvgIpc) is 3.34. The van der Waals surface area contributed by atoms with Crippen LogP contribution in [0.2, 0.25) is 0 Å². The zero-order valence-electron chi connectivity index (χ0n) is 44.6. The molecule has 6 unspecified atom stereocenters. The quantitative estimate of drug-likeness (QED) is 0.0145. The first-order chi connectivity index (χ1) is 33.9. The summed E-state index contributed by atoms with van der Waals surface area (Å²) in [6.45, 7) is 3.35. The summed E-state index contributed by atoms with van der Waals surface area (Å²) < 4.78 is 33.7. The van der Waals surface area contributed by atoms with Gasteiger partial charge < -0.3 is 39.9 Å². The molecule has 6 N–H and O–H groups in total. The summed E-state index contributed by atoms with van der Waals surface area (Å²) in [4.78, 5) is 35.9. The van der Waals surface area contributed by atoms with Crippen molar-refractivity contribution in [2.24, 2.45) is 0 Å². The van der Waals surface area contributed by atoms with Crippen molar-refractivity contribution in [1.82, 2.24) is 0 Å². The summed E-state index contributed by atoms with van der Waals surface area (Å²) in [7, 11) is -5.13. The highest BCUT2D eigenvalue weighted by Gasteiger charge is 2.51. The number of hydrogen-bond acceptors (Lipinski definition) is 12. The number of phosphoric acid groups is 1. The average molecular weight is 1020 g/mol. The second-order valence-corrected chi connectivity index (χ2v) is 21.9. The number of ether oxygens (including phenoxy) is 2. The number of carbonyl (C=O) groups excluding carboxylic acids is 2. The molecule has 1 rings (SSSR count). The highest BCUT2D eigenvalue weighted by molar-refractivity contribution is 7.47. The Morgan fingerprint density at radius 2 is 0.743 bits per heavy atom. The van der Waals surface area contributed by atoms with Gasteiger partial charge in [-0.2, -0.15) is 0 Å². The molecule has 1 aliphatic carbocycles. The lowest BCUT2D eigenvalue weighted by Gasteiger charge is -2.41. The number of unbranched alkanes of at least 4 members (excludes halogenated alkanes) is 36. The van der Waals surface area contributed by atoms with Crippen molar-refractivity contribution < 1.29 is 63.1 Å². The Morgan fingerprint density at radius 1 is 0.429 bits per heavy atom. The van der Waals surface area contributed by atoms with E-state index in [1.54, 1.807) is 0 Å². The zero-order chi connectivity index (χ0) is 51.3. The molecule has 0 aliphatic heterocycles. The SMILES string of the molecule is CCCCCCCCCCCCCCCCCCCC/C=C/CCCC(=O)OC[C@@H](COP(=O)(O)OC1C(O)C(O)C(O)[C@H](O)C1O)OC(=O)CCCCCCCCCCCCCCCCCCCC. The smallest absolute Gasteiger partial charge is 0.462 e. The second-order valence-electron chi connectivity index (χ2n) is 20.5. The van der Waals surface area contributed by atoms with E-state index in [1.807, 2.05) is 0 Å². The molecule has 0 saturated heterocycles. The largest absolute Gasteiger partial charge is 0.472 e. The van der Waals surface area contributed by atoms with Crippen LogP contribution in [0.5, 0.6) is 0 Å². The number of aliphatic hydroxyl groups is 5. The lowest BCUT2D eigenvalue weighted by atomic mass is 9.85. The van der Waals surface area contributed by atoms with E-state index in [1.165, 1.54) is 199 Å². The van der Waals surface area contributed by atoms with Crippen LogP contribution in [0.25, 0.3) is 0 Å². The standard InChI is InChI=1S/C56H107O13P/c1-3-5-7-9-11-13-15-17-19-21-23-24-25-26-27-29-30-32-34-36-38-40-42-44-49(57)66-46-48(47-67-70(64,65)69-56-54(62)52(60)51(59)53(61)55(56)63)68-50(58)45-43-41-39-37-35-33-31-28-22-20-18-16-14-12-10-8-6-4-2/h36,38,48,51-56,59-63H,3-35,37,39-47H2,1-2H3,(H,64,65)/b38-36+/t48-,51?,52-,53?,54?,55?,56?/m0/s1. The van der Waals surface area contributed by atoms with Gasteiger partial charge in [-0.25, -0.2) is 4.57 Å². The maximum atomic E-state index is 12.9. The van der Waals surface area contributed by atoms with Gasteiger partial charge in [-0.05, 0) is 32.1 Å². The zero-order valence-corrected chi connectivity index (χ0v) is 45.5. The lowest BCUT2D eigenvalue weighted by Crippen LogP contribution is -2.64. The van der Waals surface area contributed by atoms with Crippen molar-refractivity contribution in [2.75, 3.05) is 13.2 Å². The number of esters is 2. The summed E-state index contributed by atoms with van der Waals surface area (Å²) in [6.07, 6.45) is 39.9. The Hall–Kier alpha value is -1.41. The molecule has 0 amide bonds. The molecule has 1 fully saturated rings. The van der Waals surface area contributed by atoms with Gasteiger partial charge in [-0.3, -0.25) is 18.6 Å². The van der Waals surface area contributed by atoms with Crippen molar-refractivity contribution in [1.29, 1.82) is 0 Å². The minimum absolute atomic E-state index is 0.0981. The van der Waals surface area contributed by atoms with E-state index >= 15 is 0 Å². The number of rotatable bonds is 50. The predicted molar refractivity (Wildman–Crippen MR) is 281 cm³/mol. The Morgan fingerprint density at radius 3 is 1.13 bits per heavy atom. The predicted octanol–water partition coefficient (Wildman–Crippen LogP) is 13.4. The molecule has 0 bridgehead atoms. The molecule has 1 aliphatic rings. The van der Waals surface area contributed by atoms with E-state index in [9.17, 15) is 44.6 Å². The van der Waals surface area contributed by atoms with Crippen molar-refractivity contribution in [3.63, 3.8) is 0 Å². The first-order valence-electron chi connectivity index (χ1n) is 29.0. The van der Waals surface area contributed by atoms with E-state index in [4.69, 9.17) is 18.5 Å². The molecule has 70 heavy (non-hydrogen) atoms. The van der Waals surface area contributed by atoms with Gasteiger partial charge in [0.2, 0.25) is 0 Å². The fourth-order valence-electron chi connectivity index (χ4n) is 9.24. The Labute approximate surface area is 426 Å². The Bertz CT molecular complexity index is 1270. The van der Waals surface area contributed by atoms with Crippen LogP contribution in [0.15, 0.2) is 12.2 Å². The second kappa shape index (κ2) is 46.1. The molecule has 1 saturated carbocycles. The number of allylic oxidation sites excluding steroid dienone is 2. The van der Waals surface area contributed by atoms with Crippen molar-refractivity contribution in [2.45, 2.75) is 320 Å². The summed E-state index contributed by atoms with van der Waals surface area (Å²) in [5, 5.41) is 50.4. The van der Waals surface area contributed by atoms with Crippen LogP contribution in [0.1, 0.15) is 277 Å². The van der Waals surface area contributed by atoms with Gasteiger partial charge in [0.15, 0.2) is 6.10 Å². The lowest BCUT2D eigenvalue weighted by molar-refractivity contribution is -0.220. The molecule has 0 aromatic heterocycles. The number of carbonyl (C=O) groups is 2. The van der Waals surface area contributed by atoms with Crippen LogP contribution in [0.3, 0.4) is 0 Å². The molecular weight excluding hydrogens is 912 g/mol. The molecule has 8 atom stereocenters. The topological polar surface area (TPSA) is 210 Å². The van der Waals surface area contributed by atoms with Gasteiger partial charge in [0, 0.05) is 12.8 Å². The van der Waals surface area contributed by atoms with Gasteiger partial charge in [0.25, 0.3) is 0 Å². The van der Waals surface area contributed by atoms with E-state index in [0.717, 1.165) is 32.1 Å². The van der Waals surface area contributed by atoms with Crippen molar-refractivity contribution >= 4 is 19.8 Å². The summed E-state index contributed by atoms with van der Waals surface area (Å²) in [5.41, 5.74) is 0. The molecule has 14 heteroatoms. The van der Waals surface area contributed by atoms with Gasteiger partial charge in [-0.1, -0.05) is 244 Å². The normalized spacial score (nSPS) is 20.7. The highest BCUT2D eigenvalue weighted by Crippen LogP contribution is 2.47. The van der Waals surface area contributed by atoms with Crippen LogP contribution in [0, 0.1) is 0 Å². The monoisotopic (exact) mass is 1020 g/mol. The summed E-state index contributed by atoms with van der Waals surface area (Å²) in [6, 6.07) is 0. The third-order valence-electron chi connectivity index (χ3n) is 13.9. The fraction of sp³-hybridized carbons (Fsp3) is 0.929. The van der Waals surface area contributed by atoms with Crippen LogP contribution < -0.4 is 0 Å². The number of phosphoric ester groups is 1. The molecule has 0 aromatic rings. The van der Waals surface area contributed by atoms with Gasteiger partial charge >= 0.3 is 19.8 Å². The first-order valence-corrected chi connectivity index (χ1v) is 30.5. The summed E-state index contributed by atoms with van der Waals surface area (Å²) >= 11 is 0. The van der Waals surface area contributed by atoms with Crippen LogP contribution >= 0.6 is 7.82 Å². The number of hydrogen-bond donors (Lipinski definition) is 6. The summed E-state index contributed by atoms with van der Waals surface area (Å²) in [5.74, 6) is -1.12. The van der Waals surface area contributed by atoms with Crippen LogP contribution in [-0.4, -0.2) is 98.3 Å². The van der Waals surface area contributed by atoms with Gasteiger partial charge in [0.05, 0.1) is 6.61 Å². The first kappa shape index (κ1) is 66.6. The molecule has 0 radical (unpaired) electrons. The van der Waals surface area contributed by atoms with Crippen LogP contribution in [-0.2, 0) is 32.7 Å². The minimum atomic E-state index is -5.13. The third kappa shape index (κ3) is 37.3. The van der Waals surface area contributed by atoms with E-state index in [2.05, 4.69) is 26.0 Å². The molecule has 0 spiro atoms. The molecule has 414 valence electrons. The fourth-order valence-corrected chi connectivity index (χ4v) is 10.2. The van der Waals surface area contributed by atoms with Gasteiger partial charge in [-0.15, -0.1) is 0 Å². The molecule has 0 heterocycles. The van der Waals surface area contributed by atoms with Crippen molar-refractivity contribution in [3.8, 4) is 0 Å². The Balaban J connectivity index is 2.33. The molecule has 0 aromatic carbocycles. The van der Waals surface area contributed by atoms with Gasteiger partial charge in [0.1, 0.15) is 43.2 Å². The minimum Gasteiger partial charge on any atom is -0.462 e. The molecular formula is C56H107O13P. The number of aliphatic hydroxyl groups excluding tert-OH is 5.